The fourth-order valence-corrected chi connectivity index (χ4v) is 1.74. The molecule has 2 aromatic rings. The molecule has 2 N–H and O–H groups in total. The minimum absolute atomic E-state index is 0.0774. The molecule has 0 atom stereocenters. The highest BCUT2D eigenvalue weighted by molar-refractivity contribution is 5.54. The average molecular weight is 245 g/mol. The van der Waals surface area contributed by atoms with E-state index in [1.165, 1.54) is 0 Å². The van der Waals surface area contributed by atoms with Crippen LogP contribution in [0.25, 0.3) is 11.4 Å². The molecule has 0 saturated heterocycles. The van der Waals surface area contributed by atoms with Gasteiger partial charge in [-0.2, -0.15) is 4.98 Å². The third-order valence-electron chi connectivity index (χ3n) is 2.70. The van der Waals surface area contributed by atoms with E-state index in [2.05, 4.69) is 15.0 Å². The van der Waals surface area contributed by atoms with E-state index in [0.717, 1.165) is 5.69 Å². The Labute approximate surface area is 105 Å². The van der Waals surface area contributed by atoms with Crippen molar-refractivity contribution in [2.45, 2.75) is 26.7 Å². The van der Waals surface area contributed by atoms with Gasteiger partial charge in [0.1, 0.15) is 5.82 Å². The van der Waals surface area contributed by atoms with Crippen LogP contribution in [0.3, 0.4) is 0 Å². The summed E-state index contributed by atoms with van der Waals surface area (Å²) in [5, 5.41) is 9.81. The first-order valence-electron chi connectivity index (χ1n) is 5.75. The summed E-state index contributed by atoms with van der Waals surface area (Å²) < 4.78 is 0. The lowest BCUT2D eigenvalue weighted by molar-refractivity contribution is 0.440. The van der Waals surface area contributed by atoms with Crippen molar-refractivity contribution in [1.29, 1.82) is 0 Å². The summed E-state index contributed by atoms with van der Waals surface area (Å²) in [7, 11) is 0. The topological polar surface area (TPSA) is 78.9 Å². The van der Waals surface area contributed by atoms with Crippen molar-refractivity contribution in [3.63, 3.8) is 0 Å². The minimum Gasteiger partial charge on any atom is -0.493 e. The molecule has 5 heteroatoms. The molecule has 0 aliphatic heterocycles. The van der Waals surface area contributed by atoms with Crippen molar-refractivity contribution in [2.75, 3.05) is 0 Å². The molecule has 0 unspecified atom stereocenters. The Balaban J connectivity index is 2.55. The van der Waals surface area contributed by atoms with Crippen molar-refractivity contribution in [1.82, 2.24) is 15.0 Å². The number of aromatic hydroxyl groups is 1. The number of pyridine rings is 1. The number of hydrogen-bond acceptors (Lipinski definition) is 4. The fraction of sp³-hybridized carbons (Fsp3) is 0.308. The molecule has 0 spiro atoms. The van der Waals surface area contributed by atoms with Gasteiger partial charge in [-0.3, -0.25) is 9.78 Å². The van der Waals surface area contributed by atoms with Crippen LogP contribution >= 0.6 is 0 Å². The zero-order valence-corrected chi connectivity index (χ0v) is 10.6. The first kappa shape index (κ1) is 12.3. The summed E-state index contributed by atoms with van der Waals surface area (Å²) in [4.78, 5) is 22.7. The van der Waals surface area contributed by atoms with Gasteiger partial charge >= 0.3 is 0 Å². The Kier molecular flexibility index (Phi) is 3.14. The molecule has 0 aromatic carbocycles. The molecule has 2 aromatic heterocycles. The van der Waals surface area contributed by atoms with E-state index < -0.39 is 0 Å². The van der Waals surface area contributed by atoms with Crippen molar-refractivity contribution in [3.05, 3.63) is 39.9 Å². The highest BCUT2D eigenvalue weighted by Gasteiger charge is 2.14. The lowest BCUT2D eigenvalue weighted by Crippen LogP contribution is -2.16. The quantitative estimate of drug-likeness (QED) is 0.847. The Hall–Kier alpha value is -2.17. The number of hydrogen-bond donors (Lipinski definition) is 2. The lowest BCUT2D eigenvalue weighted by Gasteiger charge is -2.08. The van der Waals surface area contributed by atoms with Crippen molar-refractivity contribution >= 4 is 0 Å². The minimum atomic E-state index is -0.312. The van der Waals surface area contributed by atoms with Crippen LogP contribution in [0, 0.1) is 6.92 Å². The second kappa shape index (κ2) is 4.60. The molecule has 0 aliphatic carbocycles. The summed E-state index contributed by atoms with van der Waals surface area (Å²) in [6, 6.07) is 3.62. The van der Waals surface area contributed by atoms with Crippen LogP contribution in [0.2, 0.25) is 0 Å². The first-order chi connectivity index (χ1) is 8.49. The van der Waals surface area contributed by atoms with Crippen LogP contribution < -0.4 is 5.56 Å². The number of aryl methyl sites for hydroxylation is 1. The van der Waals surface area contributed by atoms with E-state index in [9.17, 15) is 9.90 Å². The van der Waals surface area contributed by atoms with Gasteiger partial charge in [0.05, 0.1) is 5.56 Å². The SMILES string of the molecule is Cc1ccc(-c2nc(O)c(C(C)C)c(=O)[nH]2)cn1. The molecular weight excluding hydrogens is 230 g/mol. The summed E-state index contributed by atoms with van der Waals surface area (Å²) in [6.07, 6.45) is 1.61. The van der Waals surface area contributed by atoms with Gasteiger partial charge in [-0.1, -0.05) is 13.8 Å². The first-order valence-corrected chi connectivity index (χ1v) is 5.75. The predicted molar refractivity (Wildman–Crippen MR) is 68.6 cm³/mol. The van der Waals surface area contributed by atoms with Crippen LogP contribution in [-0.2, 0) is 0 Å². The molecule has 0 radical (unpaired) electrons. The summed E-state index contributed by atoms with van der Waals surface area (Å²) in [5.74, 6) is 0.0326. The molecule has 94 valence electrons. The van der Waals surface area contributed by atoms with Gasteiger partial charge < -0.3 is 10.1 Å². The van der Waals surface area contributed by atoms with E-state index in [1.54, 1.807) is 12.3 Å². The van der Waals surface area contributed by atoms with E-state index in [1.807, 2.05) is 26.8 Å². The molecule has 2 rings (SSSR count). The molecule has 0 amide bonds. The zero-order valence-electron chi connectivity index (χ0n) is 10.6. The van der Waals surface area contributed by atoms with Crippen molar-refractivity contribution in [3.8, 4) is 17.3 Å². The molecule has 18 heavy (non-hydrogen) atoms. The maximum Gasteiger partial charge on any atom is 0.258 e. The number of aromatic amines is 1. The Morgan fingerprint density at radius 3 is 2.56 bits per heavy atom. The highest BCUT2D eigenvalue weighted by Crippen LogP contribution is 2.21. The van der Waals surface area contributed by atoms with Crippen LogP contribution in [0.4, 0.5) is 0 Å². The molecule has 0 bridgehead atoms. The van der Waals surface area contributed by atoms with Gasteiger partial charge in [-0.05, 0) is 25.0 Å². The molecule has 0 fully saturated rings. The summed E-state index contributed by atoms with van der Waals surface area (Å²) in [6.45, 7) is 5.54. The van der Waals surface area contributed by atoms with E-state index in [0.29, 0.717) is 17.0 Å². The van der Waals surface area contributed by atoms with Crippen LogP contribution in [0.15, 0.2) is 23.1 Å². The third-order valence-corrected chi connectivity index (χ3v) is 2.70. The van der Waals surface area contributed by atoms with Crippen molar-refractivity contribution in [2.24, 2.45) is 0 Å². The smallest absolute Gasteiger partial charge is 0.258 e. The number of rotatable bonds is 2. The summed E-state index contributed by atoms with van der Waals surface area (Å²) >= 11 is 0. The number of nitrogens with one attached hydrogen (secondary N) is 1. The molecule has 5 nitrogen and oxygen atoms in total. The standard InChI is InChI=1S/C13H15N3O2/c1-7(2)10-12(17)15-11(16-13(10)18)9-5-4-8(3)14-6-9/h4-7H,1-3H3,(H2,15,16,17,18). The van der Waals surface area contributed by atoms with Gasteiger partial charge in [-0.25, -0.2) is 0 Å². The highest BCUT2D eigenvalue weighted by atomic mass is 16.3. The zero-order chi connectivity index (χ0) is 13.3. The Morgan fingerprint density at radius 2 is 2.06 bits per heavy atom. The number of aromatic nitrogens is 3. The van der Waals surface area contributed by atoms with Gasteiger partial charge in [0.25, 0.3) is 5.56 Å². The Bertz CT molecular complexity index is 615. The van der Waals surface area contributed by atoms with Gasteiger partial charge in [0, 0.05) is 17.5 Å². The van der Waals surface area contributed by atoms with Gasteiger partial charge in [0.15, 0.2) is 0 Å². The number of nitrogens with zero attached hydrogens (tertiary/aromatic N) is 2. The number of H-pyrrole nitrogens is 1. The molecule has 0 saturated carbocycles. The van der Waals surface area contributed by atoms with Crippen LogP contribution in [0.1, 0.15) is 31.0 Å². The fourth-order valence-electron chi connectivity index (χ4n) is 1.74. The van der Waals surface area contributed by atoms with E-state index in [-0.39, 0.29) is 17.4 Å². The largest absolute Gasteiger partial charge is 0.493 e. The van der Waals surface area contributed by atoms with E-state index in [4.69, 9.17) is 0 Å². The van der Waals surface area contributed by atoms with E-state index >= 15 is 0 Å². The van der Waals surface area contributed by atoms with Crippen molar-refractivity contribution < 1.29 is 5.11 Å². The molecular formula is C13H15N3O2. The molecule has 2 heterocycles. The average Bonchev–Trinajstić information content (AvgIpc) is 2.28. The van der Waals surface area contributed by atoms with Crippen LogP contribution in [-0.4, -0.2) is 20.1 Å². The predicted octanol–water partition coefficient (Wildman–Crippen LogP) is 1.97. The summed E-state index contributed by atoms with van der Waals surface area (Å²) in [5.41, 5.74) is 1.54. The van der Waals surface area contributed by atoms with Crippen LogP contribution in [0.5, 0.6) is 5.88 Å². The second-order valence-corrected chi connectivity index (χ2v) is 4.49. The second-order valence-electron chi connectivity index (χ2n) is 4.49. The third kappa shape index (κ3) is 2.25. The maximum atomic E-state index is 11.9. The van der Waals surface area contributed by atoms with Gasteiger partial charge in [-0.15, -0.1) is 0 Å². The lowest BCUT2D eigenvalue weighted by atomic mass is 10.1. The Morgan fingerprint density at radius 1 is 1.33 bits per heavy atom. The van der Waals surface area contributed by atoms with Gasteiger partial charge in [0.2, 0.25) is 5.88 Å². The monoisotopic (exact) mass is 245 g/mol. The molecule has 0 aliphatic rings. The maximum absolute atomic E-state index is 11.9. The normalized spacial score (nSPS) is 10.9.